The summed E-state index contributed by atoms with van der Waals surface area (Å²) in [6, 6.07) is 8.40. The van der Waals surface area contributed by atoms with E-state index in [1.807, 2.05) is 6.07 Å². The lowest BCUT2D eigenvalue weighted by atomic mass is 10.3. The van der Waals surface area contributed by atoms with E-state index in [9.17, 15) is 0 Å². The molecule has 1 aromatic carbocycles. The molecule has 0 aromatic heterocycles. The molecule has 0 aliphatic rings. The minimum absolute atomic E-state index is 0.114. The van der Waals surface area contributed by atoms with Crippen molar-refractivity contribution < 1.29 is 0 Å². The van der Waals surface area contributed by atoms with Gasteiger partial charge in [0, 0.05) is 4.90 Å². The van der Waals surface area contributed by atoms with Crippen LogP contribution >= 0.6 is 20.6 Å². The van der Waals surface area contributed by atoms with Crippen molar-refractivity contribution in [3.8, 4) is 0 Å². The molecule has 0 saturated carbocycles. The van der Waals surface area contributed by atoms with Gasteiger partial charge in [0.2, 0.25) is 0 Å². The molecular formula is C11H17PS. The Bertz CT molecular complexity index is 288. The number of thiol groups is 1. The van der Waals surface area contributed by atoms with Gasteiger partial charge in [-0.15, -0.1) is 12.6 Å². The lowest BCUT2D eigenvalue weighted by molar-refractivity contribution is 0.790. The molecule has 1 unspecified atom stereocenters. The van der Waals surface area contributed by atoms with Gasteiger partial charge < -0.3 is 0 Å². The summed E-state index contributed by atoms with van der Waals surface area (Å²) in [6.07, 6.45) is 0. The second kappa shape index (κ2) is 4.02. The molecule has 1 rings (SSSR count). The van der Waals surface area contributed by atoms with Gasteiger partial charge in [0.1, 0.15) is 0 Å². The van der Waals surface area contributed by atoms with Crippen molar-refractivity contribution in [2.45, 2.75) is 30.8 Å². The van der Waals surface area contributed by atoms with Crippen LogP contribution in [0.3, 0.4) is 0 Å². The fourth-order valence-corrected chi connectivity index (χ4v) is 3.17. The number of hydrogen-bond donors (Lipinski definition) is 1. The maximum absolute atomic E-state index is 4.49. The Morgan fingerprint density at radius 3 is 2.15 bits per heavy atom. The van der Waals surface area contributed by atoms with E-state index in [0.717, 1.165) is 4.90 Å². The first-order valence-electron chi connectivity index (χ1n) is 4.45. The van der Waals surface area contributed by atoms with E-state index in [1.165, 1.54) is 5.30 Å². The highest BCUT2D eigenvalue weighted by molar-refractivity contribution is 7.81. The number of rotatable bonds is 1. The summed E-state index contributed by atoms with van der Waals surface area (Å²) in [5.41, 5.74) is 0. The van der Waals surface area contributed by atoms with Gasteiger partial charge in [0.25, 0.3) is 0 Å². The zero-order chi connectivity index (χ0) is 10.1. The first-order valence-corrected chi connectivity index (χ1v) is 6.68. The van der Waals surface area contributed by atoms with Crippen molar-refractivity contribution in [3.63, 3.8) is 0 Å². The maximum atomic E-state index is 4.49. The fourth-order valence-electron chi connectivity index (χ4n) is 1.11. The topological polar surface area (TPSA) is 0 Å². The summed E-state index contributed by atoms with van der Waals surface area (Å²) in [7, 11) is -0.114. The molecule has 0 aliphatic heterocycles. The smallest absolute Gasteiger partial charge is 0.0117 e. The molecule has 0 spiro atoms. The van der Waals surface area contributed by atoms with E-state index >= 15 is 0 Å². The van der Waals surface area contributed by atoms with Crippen molar-refractivity contribution in [1.82, 2.24) is 0 Å². The third kappa shape index (κ3) is 2.72. The predicted octanol–water partition coefficient (Wildman–Crippen LogP) is 3.51. The third-order valence-corrected chi connectivity index (χ3v) is 5.94. The molecule has 0 amide bonds. The van der Waals surface area contributed by atoms with Crippen LogP contribution in [-0.2, 0) is 0 Å². The van der Waals surface area contributed by atoms with E-state index < -0.39 is 0 Å². The zero-order valence-electron chi connectivity index (χ0n) is 8.70. The minimum atomic E-state index is -0.114. The highest BCUT2D eigenvalue weighted by Crippen LogP contribution is 2.45. The van der Waals surface area contributed by atoms with Gasteiger partial charge in [-0.05, 0) is 23.2 Å². The van der Waals surface area contributed by atoms with Crippen LogP contribution in [0.15, 0.2) is 29.2 Å². The maximum Gasteiger partial charge on any atom is 0.0117 e. The van der Waals surface area contributed by atoms with Crippen molar-refractivity contribution in [2.75, 3.05) is 6.66 Å². The Balaban J connectivity index is 3.02. The Morgan fingerprint density at radius 1 is 1.15 bits per heavy atom. The van der Waals surface area contributed by atoms with Gasteiger partial charge >= 0.3 is 0 Å². The molecular weight excluding hydrogens is 195 g/mol. The van der Waals surface area contributed by atoms with Crippen LogP contribution in [0.25, 0.3) is 0 Å². The molecule has 0 aliphatic carbocycles. The van der Waals surface area contributed by atoms with Gasteiger partial charge in [0.05, 0.1) is 0 Å². The average Bonchev–Trinajstić information content (AvgIpc) is 2.02. The van der Waals surface area contributed by atoms with Crippen LogP contribution in [-0.4, -0.2) is 11.8 Å². The number of hydrogen-bond acceptors (Lipinski definition) is 1. The van der Waals surface area contributed by atoms with Crippen molar-refractivity contribution in [3.05, 3.63) is 24.3 Å². The first kappa shape index (κ1) is 11.1. The van der Waals surface area contributed by atoms with Crippen LogP contribution in [0.4, 0.5) is 0 Å². The Labute approximate surface area is 87.9 Å². The monoisotopic (exact) mass is 212 g/mol. The van der Waals surface area contributed by atoms with E-state index in [-0.39, 0.29) is 7.92 Å². The zero-order valence-corrected chi connectivity index (χ0v) is 10.5. The normalized spacial score (nSPS) is 14.2. The molecule has 1 atom stereocenters. The molecule has 0 fully saturated rings. The third-order valence-electron chi connectivity index (χ3n) is 2.25. The van der Waals surface area contributed by atoms with Crippen molar-refractivity contribution in [2.24, 2.45) is 0 Å². The quantitative estimate of drug-likeness (QED) is 0.534. The highest BCUT2D eigenvalue weighted by atomic mass is 32.1. The van der Waals surface area contributed by atoms with Crippen LogP contribution in [0.5, 0.6) is 0 Å². The van der Waals surface area contributed by atoms with Crippen molar-refractivity contribution in [1.29, 1.82) is 0 Å². The highest BCUT2D eigenvalue weighted by Gasteiger charge is 2.22. The molecule has 13 heavy (non-hydrogen) atoms. The van der Waals surface area contributed by atoms with E-state index in [4.69, 9.17) is 0 Å². The Morgan fingerprint density at radius 2 is 1.69 bits per heavy atom. The molecule has 0 nitrogen and oxygen atoms in total. The van der Waals surface area contributed by atoms with Gasteiger partial charge in [-0.2, -0.15) is 0 Å². The molecule has 72 valence electrons. The van der Waals surface area contributed by atoms with Gasteiger partial charge in [-0.3, -0.25) is 0 Å². The lowest BCUT2D eigenvalue weighted by Crippen LogP contribution is -2.19. The summed E-state index contributed by atoms with van der Waals surface area (Å²) in [4.78, 5) is 1.13. The summed E-state index contributed by atoms with van der Waals surface area (Å²) < 4.78 is 0. The van der Waals surface area contributed by atoms with Crippen LogP contribution in [0, 0.1) is 0 Å². The summed E-state index contributed by atoms with van der Waals surface area (Å²) in [5, 5.41) is 1.78. The molecule has 0 saturated heterocycles. The van der Waals surface area contributed by atoms with Crippen molar-refractivity contribution >= 4 is 25.9 Å². The molecule has 0 N–H and O–H groups in total. The molecule has 0 heterocycles. The fraction of sp³-hybridized carbons (Fsp3) is 0.455. The summed E-state index contributed by atoms with van der Waals surface area (Å²) in [5.74, 6) is 0. The van der Waals surface area contributed by atoms with Crippen LogP contribution in [0.2, 0.25) is 0 Å². The standard InChI is InChI=1S/C11H17PS/c1-11(2,3)12(4)9-7-5-6-8-10(9)13/h5-8,13H,1-4H3. The molecule has 0 radical (unpaired) electrons. The molecule has 1 aromatic rings. The second-order valence-electron chi connectivity index (χ2n) is 4.22. The van der Waals surface area contributed by atoms with E-state index in [2.05, 4.69) is 58.3 Å². The largest absolute Gasteiger partial charge is 0.143 e. The average molecular weight is 212 g/mol. The number of benzene rings is 1. The molecule has 2 heteroatoms. The molecule has 0 bridgehead atoms. The minimum Gasteiger partial charge on any atom is -0.143 e. The van der Waals surface area contributed by atoms with E-state index in [1.54, 1.807) is 0 Å². The van der Waals surface area contributed by atoms with E-state index in [0.29, 0.717) is 5.16 Å². The first-order chi connectivity index (χ1) is 5.93. The summed E-state index contributed by atoms with van der Waals surface area (Å²) in [6.45, 7) is 9.20. The lowest BCUT2D eigenvalue weighted by Gasteiger charge is -2.29. The van der Waals surface area contributed by atoms with Crippen LogP contribution in [0.1, 0.15) is 20.8 Å². The predicted molar refractivity (Wildman–Crippen MR) is 65.9 cm³/mol. The summed E-state index contributed by atoms with van der Waals surface area (Å²) >= 11 is 4.49. The van der Waals surface area contributed by atoms with Gasteiger partial charge in [-0.25, -0.2) is 0 Å². The Kier molecular flexibility index (Phi) is 3.43. The Hall–Kier alpha value is -0.0000000000000000555. The SMILES string of the molecule is CP(c1ccccc1S)C(C)(C)C. The second-order valence-corrected chi connectivity index (χ2v) is 7.64. The van der Waals surface area contributed by atoms with Gasteiger partial charge in [0.15, 0.2) is 0 Å². The van der Waals surface area contributed by atoms with Gasteiger partial charge in [-0.1, -0.05) is 46.9 Å². The van der Waals surface area contributed by atoms with Crippen LogP contribution < -0.4 is 5.30 Å².